The van der Waals surface area contributed by atoms with Crippen LogP contribution in [0.2, 0.25) is 0 Å². The Kier molecular flexibility index (Phi) is 6.34. The molecule has 2 aromatic carbocycles. The van der Waals surface area contributed by atoms with Gasteiger partial charge in [0.05, 0.1) is 16.1 Å². The van der Waals surface area contributed by atoms with Gasteiger partial charge in [0.2, 0.25) is 4.96 Å². The van der Waals surface area contributed by atoms with Crippen molar-refractivity contribution in [3.05, 3.63) is 88.7 Å². The van der Waals surface area contributed by atoms with Crippen molar-refractivity contribution in [1.82, 2.24) is 14.6 Å². The molecular formula is C22H15BrFN3O5S. The fourth-order valence-corrected chi connectivity index (χ4v) is 4.51. The maximum absolute atomic E-state index is 13.1. The monoisotopic (exact) mass is 531 g/mol. The molecule has 0 radical (unpaired) electrons. The van der Waals surface area contributed by atoms with Crippen LogP contribution in [-0.4, -0.2) is 27.7 Å². The van der Waals surface area contributed by atoms with E-state index in [1.165, 1.54) is 26.2 Å². The molecule has 2 heterocycles. The van der Waals surface area contributed by atoms with E-state index >= 15 is 0 Å². The van der Waals surface area contributed by atoms with Gasteiger partial charge >= 0.3 is 5.97 Å². The Morgan fingerprint density at radius 3 is 2.64 bits per heavy atom. The molecule has 0 spiro atoms. The van der Waals surface area contributed by atoms with Crippen molar-refractivity contribution in [1.29, 1.82) is 0 Å². The maximum atomic E-state index is 13.1. The summed E-state index contributed by atoms with van der Waals surface area (Å²) in [6, 6.07) is 8.93. The number of fused-ring (bicyclic) bond motifs is 1. The molecule has 0 bridgehead atoms. The first-order valence-electron chi connectivity index (χ1n) is 9.50. The van der Waals surface area contributed by atoms with Gasteiger partial charge in [0, 0.05) is 13.3 Å². The van der Waals surface area contributed by atoms with E-state index in [2.05, 4.69) is 26.0 Å². The normalized spacial score (nSPS) is 11.7. The molecule has 168 valence electrons. The number of hydrogen-bond donors (Lipinski definition) is 0. The van der Waals surface area contributed by atoms with Crippen LogP contribution in [0.1, 0.15) is 23.7 Å². The summed E-state index contributed by atoms with van der Waals surface area (Å²) < 4.78 is 25.4. The highest BCUT2D eigenvalue weighted by Crippen LogP contribution is 2.37. The predicted octanol–water partition coefficient (Wildman–Crippen LogP) is 2.49. The number of nitrogens with zero attached hydrogens (tertiary/aromatic N) is 3. The van der Waals surface area contributed by atoms with Crippen LogP contribution in [0.3, 0.4) is 0 Å². The Balaban J connectivity index is 1.77. The van der Waals surface area contributed by atoms with Crippen LogP contribution in [-0.2, 0) is 11.2 Å². The van der Waals surface area contributed by atoms with Gasteiger partial charge < -0.3 is 9.47 Å². The zero-order chi connectivity index (χ0) is 23.7. The summed E-state index contributed by atoms with van der Waals surface area (Å²) in [7, 11) is 1.43. The Bertz CT molecular complexity index is 1550. The van der Waals surface area contributed by atoms with Gasteiger partial charge in [0.1, 0.15) is 11.5 Å². The van der Waals surface area contributed by atoms with E-state index in [-0.39, 0.29) is 28.6 Å². The molecule has 4 aromatic rings. The fraction of sp³-hybridized carbons (Fsp3) is 0.136. The van der Waals surface area contributed by atoms with E-state index in [1.54, 1.807) is 30.3 Å². The minimum absolute atomic E-state index is 0.0794. The zero-order valence-corrected chi connectivity index (χ0v) is 19.7. The molecular weight excluding hydrogens is 517 g/mol. The smallest absolute Gasteiger partial charge is 0.308 e. The Morgan fingerprint density at radius 1 is 1.24 bits per heavy atom. The van der Waals surface area contributed by atoms with E-state index in [9.17, 15) is 18.8 Å². The molecule has 0 N–H and O–H groups in total. The number of benzene rings is 2. The second-order valence-electron chi connectivity index (χ2n) is 6.90. The van der Waals surface area contributed by atoms with Crippen LogP contribution < -0.4 is 25.1 Å². The van der Waals surface area contributed by atoms with Gasteiger partial charge in [0.15, 0.2) is 11.5 Å². The van der Waals surface area contributed by atoms with Crippen molar-refractivity contribution in [3.63, 3.8) is 0 Å². The van der Waals surface area contributed by atoms with Crippen molar-refractivity contribution < 1.29 is 18.7 Å². The standard InChI is InChI=1S/C22H15BrFN3O5S/c1-11(28)32-19-15(23)7-13(9-17(19)31-2)10-18-21(30)27-22(33-18)25-20(29)16(26-27)8-12-3-5-14(24)6-4-12/h3-7,9-10H,8H2,1-2H3/b18-10+. The van der Waals surface area contributed by atoms with Crippen LogP contribution in [0, 0.1) is 5.82 Å². The Hall–Kier alpha value is -3.44. The Morgan fingerprint density at radius 2 is 1.97 bits per heavy atom. The first-order chi connectivity index (χ1) is 15.7. The zero-order valence-electron chi connectivity index (χ0n) is 17.3. The summed E-state index contributed by atoms with van der Waals surface area (Å²) in [6.45, 7) is 1.28. The number of thiazole rings is 1. The first-order valence-corrected chi connectivity index (χ1v) is 11.1. The highest BCUT2D eigenvalue weighted by molar-refractivity contribution is 9.10. The van der Waals surface area contributed by atoms with Crippen molar-refractivity contribution in [2.24, 2.45) is 0 Å². The largest absolute Gasteiger partial charge is 0.493 e. The molecule has 33 heavy (non-hydrogen) atoms. The molecule has 11 heteroatoms. The molecule has 0 saturated heterocycles. The topological polar surface area (TPSA) is 99.9 Å². The number of hydrogen-bond acceptors (Lipinski definition) is 8. The van der Waals surface area contributed by atoms with E-state index in [4.69, 9.17) is 9.47 Å². The highest BCUT2D eigenvalue weighted by atomic mass is 79.9. The third-order valence-electron chi connectivity index (χ3n) is 4.53. The average Bonchev–Trinajstić information content (AvgIpc) is 3.05. The number of carbonyl (C=O) groups is 1. The van der Waals surface area contributed by atoms with Crippen molar-refractivity contribution in [2.75, 3.05) is 7.11 Å². The number of esters is 1. The third-order valence-corrected chi connectivity index (χ3v) is 6.08. The number of rotatable bonds is 5. The molecule has 8 nitrogen and oxygen atoms in total. The molecule has 2 aromatic heterocycles. The summed E-state index contributed by atoms with van der Waals surface area (Å²) >= 11 is 4.36. The van der Waals surface area contributed by atoms with Crippen LogP contribution >= 0.6 is 27.3 Å². The van der Waals surface area contributed by atoms with E-state index in [0.29, 0.717) is 25.9 Å². The third kappa shape index (κ3) is 4.83. The second kappa shape index (κ2) is 9.20. The quantitative estimate of drug-likeness (QED) is 0.288. The number of aromatic nitrogens is 3. The molecule has 0 unspecified atom stereocenters. The minimum Gasteiger partial charge on any atom is -0.493 e. The van der Waals surface area contributed by atoms with Gasteiger partial charge in [-0.1, -0.05) is 23.5 Å². The van der Waals surface area contributed by atoms with Gasteiger partial charge in [-0.3, -0.25) is 14.4 Å². The maximum Gasteiger partial charge on any atom is 0.308 e. The Labute approximate surface area is 198 Å². The van der Waals surface area contributed by atoms with Crippen LogP contribution in [0.5, 0.6) is 11.5 Å². The summed E-state index contributed by atoms with van der Waals surface area (Å²) in [4.78, 5) is 40.8. The summed E-state index contributed by atoms with van der Waals surface area (Å²) in [6.07, 6.45) is 1.71. The van der Waals surface area contributed by atoms with E-state index in [0.717, 1.165) is 15.9 Å². The van der Waals surface area contributed by atoms with Gasteiger partial charge in [-0.05, 0) is 57.4 Å². The molecule has 0 aliphatic rings. The van der Waals surface area contributed by atoms with Crippen molar-refractivity contribution in [3.8, 4) is 11.5 Å². The molecule has 0 aliphatic carbocycles. The van der Waals surface area contributed by atoms with Crippen molar-refractivity contribution in [2.45, 2.75) is 13.3 Å². The molecule has 0 amide bonds. The van der Waals surface area contributed by atoms with Gasteiger partial charge in [-0.2, -0.15) is 14.6 Å². The molecule has 0 saturated carbocycles. The number of carbonyl (C=O) groups excluding carboxylic acids is 1. The lowest BCUT2D eigenvalue weighted by Gasteiger charge is -2.10. The minimum atomic E-state index is -0.553. The lowest BCUT2D eigenvalue weighted by Crippen LogP contribution is -2.28. The van der Waals surface area contributed by atoms with Crippen LogP contribution in [0.15, 0.2) is 50.5 Å². The average molecular weight is 532 g/mol. The highest BCUT2D eigenvalue weighted by Gasteiger charge is 2.15. The lowest BCUT2D eigenvalue weighted by atomic mass is 10.1. The van der Waals surface area contributed by atoms with Crippen molar-refractivity contribution >= 4 is 44.3 Å². The lowest BCUT2D eigenvalue weighted by molar-refractivity contribution is -0.132. The molecule has 4 rings (SSSR count). The molecule has 0 fully saturated rings. The summed E-state index contributed by atoms with van der Waals surface area (Å²) in [5, 5.41) is 4.19. The first kappa shape index (κ1) is 22.7. The number of methoxy groups -OCH3 is 1. The number of ether oxygens (including phenoxy) is 2. The van der Waals surface area contributed by atoms with Gasteiger partial charge in [-0.25, -0.2) is 4.39 Å². The molecule has 0 aliphatic heterocycles. The van der Waals surface area contributed by atoms with Crippen LogP contribution in [0.4, 0.5) is 4.39 Å². The van der Waals surface area contributed by atoms with Gasteiger partial charge in [-0.15, -0.1) is 0 Å². The van der Waals surface area contributed by atoms with Gasteiger partial charge in [0.25, 0.3) is 11.1 Å². The molecule has 0 atom stereocenters. The fourth-order valence-electron chi connectivity index (χ4n) is 3.06. The van der Waals surface area contributed by atoms with E-state index < -0.39 is 17.1 Å². The summed E-state index contributed by atoms with van der Waals surface area (Å²) in [5.41, 5.74) is 0.342. The SMILES string of the molecule is COc1cc(/C=c2/sc3nc(=O)c(Cc4ccc(F)cc4)nn3c2=O)cc(Br)c1OC(C)=O. The number of halogens is 2. The second-order valence-corrected chi connectivity index (χ2v) is 8.77. The van der Waals surface area contributed by atoms with Crippen LogP contribution in [0.25, 0.3) is 11.0 Å². The summed E-state index contributed by atoms with van der Waals surface area (Å²) in [5.74, 6) is -0.372. The predicted molar refractivity (Wildman–Crippen MR) is 123 cm³/mol. The van der Waals surface area contributed by atoms with E-state index in [1.807, 2.05) is 0 Å².